The van der Waals surface area contributed by atoms with Crippen molar-refractivity contribution in [2.45, 2.75) is 19.8 Å². The predicted octanol–water partition coefficient (Wildman–Crippen LogP) is 3.75. The van der Waals surface area contributed by atoms with E-state index in [-0.39, 0.29) is 0 Å². The summed E-state index contributed by atoms with van der Waals surface area (Å²) in [4.78, 5) is 1.42. The van der Waals surface area contributed by atoms with Gasteiger partial charge in [-0.15, -0.1) is 11.3 Å². The third kappa shape index (κ3) is 6.19. The monoisotopic (exact) mass is 305 g/mol. The molecule has 0 radical (unpaired) electrons. The Bertz CT molecular complexity index is 482. The third-order valence-corrected chi connectivity index (χ3v) is 3.91. The zero-order chi connectivity index (χ0) is 14.8. The van der Waals surface area contributed by atoms with Gasteiger partial charge in [-0.25, -0.2) is 0 Å². The van der Waals surface area contributed by atoms with Crippen LogP contribution in [0.3, 0.4) is 0 Å². The van der Waals surface area contributed by atoms with Crippen LogP contribution in [-0.4, -0.2) is 26.3 Å². The summed E-state index contributed by atoms with van der Waals surface area (Å²) in [5.41, 5.74) is 0. The topological polar surface area (TPSA) is 30.5 Å². The highest BCUT2D eigenvalue weighted by Gasteiger charge is 1.97. The zero-order valence-corrected chi connectivity index (χ0v) is 13.3. The van der Waals surface area contributed by atoms with Crippen LogP contribution in [0.5, 0.6) is 11.5 Å². The molecule has 0 saturated carbocycles. The summed E-state index contributed by atoms with van der Waals surface area (Å²) in [6, 6.07) is 12.1. The molecule has 0 aliphatic heterocycles. The van der Waals surface area contributed by atoms with E-state index in [0.717, 1.165) is 44.0 Å². The minimum atomic E-state index is 0.680. The number of rotatable bonds is 10. The van der Waals surface area contributed by atoms with Gasteiger partial charge in [-0.3, -0.25) is 0 Å². The maximum atomic E-state index is 5.69. The molecular weight excluding hydrogens is 282 g/mol. The lowest BCUT2D eigenvalue weighted by Gasteiger charge is -2.09. The van der Waals surface area contributed by atoms with Gasteiger partial charge in [0, 0.05) is 18.0 Å². The van der Waals surface area contributed by atoms with E-state index < -0.39 is 0 Å². The summed E-state index contributed by atoms with van der Waals surface area (Å²) in [5, 5.41) is 5.51. The Morgan fingerprint density at radius 1 is 0.952 bits per heavy atom. The molecule has 2 rings (SSSR count). The predicted molar refractivity (Wildman–Crippen MR) is 88.6 cm³/mol. The molecule has 1 heterocycles. The lowest BCUT2D eigenvalue weighted by molar-refractivity contribution is 0.307. The van der Waals surface area contributed by atoms with Crippen LogP contribution in [0.2, 0.25) is 0 Å². The number of nitrogens with one attached hydrogen (secondary N) is 1. The second kappa shape index (κ2) is 9.42. The van der Waals surface area contributed by atoms with Crippen LogP contribution in [0.4, 0.5) is 0 Å². The molecule has 0 unspecified atom stereocenters. The van der Waals surface area contributed by atoms with Crippen LogP contribution in [0, 0.1) is 0 Å². The number of hydrogen-bond donors (Lipinski definition) is 1. The van der Waals surface area contributed by atoms with Gasteiger partial charge in [-0.1, -0.05) is 13.0 Å². The summed E-state index contributed by atoms with van der Waals surface area (Å²) in [5.74, 6) is 1.79. The molecule has 1 aromatic heterocycles. The first-order chi connectivity index (χ1) is 10.4. The Kier molecular flexibility index (Phi) is 7.12. The zero-order valence-electron chi connectivity index (χ0n) is 12.5. The van der Waals surface area contributed by atoms with Crippen LogP contribution >= 0.6 is 11.3 Å². The summed E-state index contributed by atoms with van der Waals surface area (Å²) >= 11 is 1.81. The standard InChI is InChI=1S/C17H23NO2S/c1-2-12-19-15-5-7-16(8-6-15)20-13-11-18-10-9-17-4-3-14-21-17/h3-8,14,18H,2,9-13H2,1H3. The number of thiophene rings is 1. The van der Waals surface area contributed by atoms with Crippen molar-refractivity contribution in [3.8, 4) is 11.5 Å². The molecule has 1 aromatic carbocycles. The van der Waals surface area contributed by atoms with Gasteiger partial charge < -0.3 is 14.8 Å². The largest absolute Gasteiger partial charge is 0.494 e. The van der Waals surface area contributed by atoms with E-state index >= 15 is 0 Å². The molecule has 2 aromatic rings. The van der Waals surface area contributed by atoms with Crippen molar-refractivity contribution in [1.82, 2.24) is 5.32 Å². The van der Waals surface area contributed by atoms with Crippen LogP contribution in [0.15, 0.2) is 41.8 Å². The van der Waals surface area contributed by atoms with Gasteiger partial charge >= 0.3 is 0 Å². The van der Waals surface area contributed by atoms with Crippen molar-refractivity contribution >= 4 is 11.3 Å². The molecule has 0 fully saturated rings. The third-order valence-electron chi connectivity index (χ3n) is 2.97. The summed E-state index contributed by atoms with van der Waals surface area (Å²) in [7, 11) is 0. The number of hydrogen-bond acceptors (Lipinski definition) is 4. The second-order valence-corrected chi connectivity index (χ2v) is 5.78. The average molecular weight is 305 g/mol. The molecule has 0 saturated heterocycles. The van der Waals surface area contributed by atoms with Crippen molar-refractivity contribution in [2.75, 3.05) is 26.3 Å². The molecule has 4 heteroatoms. The highest BCUT2D eigenvalue weighted by molar-refractivity contribution is 7.09. The normalized spacial score (nSPS) is 10.5. The van der Waals surface area contributed by atoms with Crippen molar-refractivity contribution in [1.29, 1.82) is 0 Å². The van der Waals surface area contributed by atoms with E-state index in [1.807, 2.05) is 35.6 Å². The average Bonchev–Trinajstić information content (AvgIpc) is 3.03. The molecule has 3 nitrogen and oxygen atoms in total. The molecule has 0 bridgehead atoms. The van der Waals surface area contributed by atoms with Crippen LogP contribution < -0.4 is 14.8 Å². The molecule has 0 atom stereocenters. The summed E-state index contributed by atoms with van der Waals surface area (Å²) < 4.78 is 11.2. The quantitative estimate of drug-likeness (QED) is 0.678. The molecule has 114 valence electrons. The molecule has 21 heavy (non-hydrogen) atoms. The Morgan fingerprint density at radius 2 is 1.67 bits per heavy atom. The molecule has 1 N–H and O–H groups in total. The van der Waals surface area contributed by atoms with Gasteiger partial charge in [-0.2, -0.15) is 0 Å². The number of ether oxygens (including phenoxy) is 2. The van der Waals surface area contributed by atoms with Gasteiger partial charge in [0.05, 0.1) is 6.61 Å². The lowest BCUT2D eigenvalue weighted by atomic mass is 10.3. The number of benzene rings is 1. The minimum absolute atomic E-state index is 0.680. The van der Waals surface area contributed by atoms with Crippen molar-refractivity contribution in [3.05, 3.63) is 46.7 Å². The Labute approximate surface area is 130 Å². The fraction of sp³-hybridized carbons (Fsp3) is 0.412. The first kappa shape index (κ1) is 15.9. The first-order valence-corrected chi connectivity index (χ1v) is 8.35. The van der Waals surface area contributed by atoms with E-state index in [1.165, 1.54) is 4.88 Å². The summed E-state index contributed by atoms with van der Waals surface area (Å²) in [6.07, 6.45) is 2.11. The molecule has 0 aliphatic rings. The van der Waals surface area contributed by atoms with Gasteiger partial charge in [0.1, 0.15) is 18.1 Å². The van der Waals surface area contributed by atoms with Gasteiger partial charge in [0.2, 0.25) is 0 Å². The van der Waals surface area contributed by atoms with E-state index in [1.54, 1.807) is 0 Å². The maximum absolute atomic E-state index is 5.69. The fourth-order valence-electron chi connectivity index (χ4n) is 1.88. The van der Waals surface area contributed by atoms with Crippen molar-refractivity contribution in [2.24, 2.45) is 0 Å². The van der Waals surface area contributed by atoms with E-state index in [0.29, 0.717) is 6.61 Å². The lowest BCUT2D eigenvalue weighted by Crippen LogP contribution is -2.23. The summed E-state index contributed by atoms with van der Waals surface area (Å²) in [6.45, 7) is 5.39. The second-order valence-electron chi connectivity index (χ2n) is 4.75. The van der Waals surface area contributed by atoms with E-state index in [4.69, 9.17) is 9.47 Å². The van der Waals surface area contributed by atoms with Gasteiger partial charge in [-0.05, 0) is 48.6 Å². The molecule has 0 spiro atoms. The smallest absolute Gasteiger partial charge is 0.119 e. The molecule has 0 amide bonds. The van der Waals surface area contributed by atoms with Gasteiger partial charge in [0.25, 0.3) is 0 Å². The van der Waals surface area contributed by atoms with Crippen molar-refractivity contribution < 1.29 is 9.47 Å². The Hall–Kier alpha value is -1.52. The Balaban J connectivity index is 1.55. The van der Waals surface area contributed by atoms with Crippen molar-refractivity contribution in [3.63, 3.8) is 0 Å². The van der Waals surface area contributed by atoms with Crippen LogP contribution in [0.1, 0.15) is 18.2 Å². The van der Waals surface area contributed by atoms with E-state index in [9.17, 15) is 0 Å². The SMILES string of the molecule is CCCOc1ccc(OCCNCCc2cccs2)cc1. The van der Waals surface area contributed by atoms with Crippen LogP contribution in [-0.2, 0) is 6.42 Å². The first-order valence-electron chi connectivity index (χ1n) is 7.47. The fourth-order valence-corrected chi connectivity index (χ4v) is 2.59. The highest BCUT2D eigenvalue weighted by atomic mass is 32.1. The molecule has 0 aliphatic carbocycles. The van der Waals surface area contributed by atoms with Gasteiger partial charge in [0.15, 0.2) is 0 Å². The Morgan fingerprint density at radius 3 is 2.29 bits per heavy atom. The maximum Gasteiger partial charge on any atom is 0.119 e. The van der Waals surface area contributed by atoms with E-state index in [2.05, 4.69) is 29.8 Å². The molecular formula is C17H23NO2S. The van der Waals surface area contributed by atoms with Crippen LogP contribution in [0.25, 0.3) is 0 Å². The minimum Gasteiger partial charge on any atom is -0.494 e. The highest BCUT2D eigenvalue weighted by Crippen LogP contribution is 2.17.